The van der Waals surface area contributed by atoms with Crippen LogP contribution in [0.15, 0.2) is 42.0 Å². The van der Waals surface area contributed by atoms with E-state index in [-0.39, 0.29) is 18.6 Å². The molecule has 0 radical (unpaired) electrons. The van der Waals surface area contributed by atoms with E-state index in [2.05, 4.69) is 0 Å². The molecule has 160 valence electrons. The predicted molar refractivity (Wildman–Crippen MR) is 92.4 cm³/mol. The highest BCUT2D eigenvalue weighted by Crippen LogP contribution is 2.18. The molecule has 0 spiro atoms. The average Bonchev–Trinajstić information content (AvgIpc) is 2.67. The van der Waals surface area contributed by atoms with Gasteiger partial charge < -0.3 is 24.6 Å². The van der Waals surface area contributed by atoms with Gasteiger partial charge in [0.25, 0.3) is 0 Å². The molecule has 0 fully saturated rings. The summed E-state index contributed by atoms with van der Waals surface area (Å²) < 4.78 is 36.3. The van der Waals surface area contributed by atoms with Crippen molar-refractivity contribution in [1.82, 2.24) is 0 Å². The lowest BCUT2D eigenvalue weighted by Crippen LogP contribution is -3.15. The highest BCUT2D eigenvalue weighted by Gasteiger charge is 2.29. The van der Waals surface area contributed by atoms with E-state index in [0.717, 1.165) is 16.9 Å². The van der Waals surface area contributed by atoms with Gasteiger partial charge in [-0.05, 0) is 6.42 Å². The zero-order valence-corrected chi connectivity index (χ0v) is 15.7. The molecule has 2 N–H and O–H groups in total. The zero-order chi connectivity index (χ0) is 22.0. The lowest BCUT2D eigenvalue weighted by molar-refractivity contribution is -0.932. The monoisotopic (exact) mass is 417 g/mol. The van der Waals surface area contributed by atoms with Crippen LogP contribution in [0.2, 0.25) is 0 Å². The summed E-state index contributed by atoms with van der Waals surface area (Å²) in [5.41, 5.74) is 1.83. The van der Waals surface area contributed by atoms with Gasteiger partial charge in [-0.15, -0.1) is 0 Å². The minimum Gasteiger partial charge on any atom is -0.542 e. The van der Waals surface area contributed by atoms with Gasteiger partial charge in [-0.2, -0.15) is 13.2 Å². The largest absolute Gasteiger partial charge is 0.542 e. The highest BCUT2D eigenvalue weighted by atomic mass is 19.4. The molecule has 0 saturated carbocycles. The molecule has 1 aliphatic carbocycles. The van der Waals surface area contributed by atoms with Gasteiger partial charge in [-0.25, -0.2) is 9.59 Å². The van der Waals surface area contributed by atoms with Crippen molar-refractivity contribution in [3.63, 3.8) is 0 Å². The van der Waals surface area contributed by atoms with Crippen LogP contribution >= 0.6 is 0 Å². The van der Waals surface area contributed by atoms with Crippen molar-refractivity contribution < 1.29 is 47.4 Å². The Morgan fingerprint density at radius 3 is 2.24 bits per heavy atom. The molecule has 0 heterocycles. The standard InChI is InChI=1S/C17H21NO4.C2HF3O2/c1-22-17(21)14-7-9-15(10-8-14)18(12-16(19)20)11-13-5-3-2-4-6-13;3-2(4,5)1(6)7/h2-7,15H,8-12H2,1H3,(H,19,20);(H,6,7). The molecule has 2 atom stereocenters. The normalized spacial score (nSPS) is 17.2. The fourth-order valence-electron chi connectivity index (χ4n) is 2.92. The van der Waals surface area contributed by atoms with Crippen molar-refractivity contribution in [2.45, 2.75) is 38.0 Å². The van der Waals surface area contributed by atoms with Gasteiger partial charge in [0.05, 0.1) is 13.2 Å². The van der Waals surface area contributed by atoms with Gasteiger partial charge in [0.15, 0.2) is 6.54 Å². The number of rotatable bonds is 6. The number of alkyl halides is 3. The molecule has 0 amide bonds. The van der Waals surface area contributed by atoms with Crippen LogP contribution < -0.4 is 10.0 Å². The number of carbonyl (C=O) groups excluding carboxylic acids is 2. The fourth-order valence-corrected chi connectivity index (χ4v) is 2.92. The summed E-state index contributed by atoms with van der Waals surface area (Å²) in [7, 11) is 1.38. The van der Waals surface area contributed by atoms with Crippen LogP contribution in [0, 0.1) is 0 Å². The number of carboxylic acid groups (broad SMARTS) is 2. The Kier molecular flexibility index (Phi) is 9.33. The summed E-state index contributed by atoms with van der Waals surface area (Å²) in [6.07, 6.45) is -1.14. The van der Waals surface area contributed by atoms with Crippen LogP contribution in [0.1, 0.15) is 24.8 Å². The second-order valence-electron chi connectivity index (χ2n) is 6.37. The Bertz CT molecular complexity index is 733. The number of halogens is 3. The fraction of sp³-hybridized carbons (Fsp3) is 0.421. The number of ether oxygens (including phenoxy) is 1. The number of aliphatic carboxylic acids is 2. The number of methoxy groups -OCH3 is 1. The number of esters is 1. The molecule has 7 nitrogen and oxygen atoms in total. The van der Waals surface area contributed by atoms with Crippen molar-refractivity contribution in [3.8, 4) is 0 Å². The summed E-state index contributed by atoms with van der Waals surface area (Å²) in [6, 6.07) is 10.1. The number of carbonyl (C=O) groups is 3. The third-order valence-electron chi connectivity index (χ3n) is 4.32. The maximum absolute atomic E-state index is 11.5. The maximum Gasteiger partial charge on any atom is 0.430 e. The summed E-state index contributed by atoms with van der Waals surface area (Å²) >= 11 is 0. The first kappa shape index (κ1) is 24.2. The number of hydrogen-bond acceptors (Lipinski definition) is 5. The SMILES string of the molecule is COC(=O)C1=CCC([NH+](CC(=O)O)Cc2ccccc2)CC1.O=C([O-])C(F)(F)F. The van der Waals surface area contributed by atoms with Crippen LogP contribution in [-0.2, 0) is 25.7 Å². The smallest absolute Gasteiger partial charge is 0.430 e. The summed E-state index contributed by atoms with van der Waals surface area (Å²) in [4.78, 5) is 32.5. The van der Waals surface area contributed by atoms with E-state index in [0.29, 0.717) is 25.0 Å². The van der Waals surface area contributed by atoms with Gasteiger partial charge in [0, 0.05) is 24.0 Å². The van der Waals surface area contributed by atoms with Gasteiger partial charge >= 0.3 is 18.1 Å². The Labute approximate surface area is 165 Å². The first-order valence-electron chi connectivity index (χ1n) is 8.70. The van der Waals surface area contributed by atoms with Crippen molar-refractivity contribution in [1.29, 1.82) is 0 Å². The van der Waals surface area contributed by atoms with E-state index in [9.17, 15) is 22.8 Å². The topological polar surface area (TPSA) is 108 Å². The van der Waals surface area contributed by atoms with E-state index in [1.807, 2.05) is 36.4 Å². The molecule has 1 aliphatic rings. The predicted octanol–water partition coefficient (Wildman–Crippen LogP) is 0.107. The number of carboxylic acids is 2. The quantitative estimate of drug-likeness (QED) is 0.636. The van der Waals surface area contributed by atoms with Crippen LogP contribution in [0.25, 0.3) is 0 Å². The van der Waals surface area contributed by atoms with Gasteiger partial charge in [-0.3, -0.25) is 0 Å². The first-order chi connectivity index (χ1) is 13.5. The second-order valence-corrected chi connectivity index (χ2v) is 6.37. The van der Waals surface area contributed by atoms with Crippen LogP contribution in [0.3, 0.4) is 0 Å². The molecule has 0 saturated heterocycles. The van der Waals surface area contributed by atoms with Gasteiger partial charge in [-0.1, -0.05) is 36.4 Å². The zero-order valence-electron chi connectivity index (χ0n) is 15.7. The summed E-state index contributed by atoms with van der Waals surface area (Å²) in [5, 5.41) is 17.9. The number of benzene rings is 1. The van der Waals surface area contributed by atoms with Crippen molar-refractivity contribution in [3.05, 3.63) is 47.5 Å². The number of nitrogens with one attached hydrogen (secondary N) is 1. The molecule has 29 heavy (non-hydrogen) atoms. The minimum absolute atomic E-state index is 0.0843. The van der Waals surface area contributed by atoms with Gasteiger partial charge in [0.2, 0.25) is 0 Å². The van der Waals surface area contributed by atoms with Crippen LogP contribution in [0.5, 0.6) is 0 Å². The van der Waals surface area contributed by atoms with Crippen LogP contribution in [-0.4, -0.2) is 48.9 Å². The molecule has 1 aromatic carbocycles. The van der Waals surface area contributed by atoms with Gasteiger partial charge in [0.1, 0.15) is 12.5 Å². The Morgan fingerprint density at radius 1 is 1.24 bits per heavy atom. The van der Waals surface area contributed by atoms with E-state index in [1.54, 1.807) is 0 Å². The van der Waals surface area contributed by atoms with E-state index in [4.69, 9.17) is 19.7 Å². The average molecular weight is 417 g/mol. The van der Waals surface area contributed by atoms with E-state index < -0.39 is 18.1 Å². The molecule has 0 aromatic heterocycles. The lowest BCUT2D eigenvalue weighted by Gasteiger charge is -2.29. The first-order valence-corrected chi connectivity index (χ1v) is 8.70. The van der Waals surface area contributed by atoms with Crippen molar-refractivity contribution in [2.24, 2.45) is 0 Å². The lowest BCUT2D eigenvalue weighted by atomic mass is 9.93. The molecule has 2 unspecified atom stereocenters. The molecular weight excluding hydrogens is 395 g/mol. The third-order valence-corrected chi connectivity index (χ3v) is 4.32. The van der Waals surface area contributed by atoms with E-state index in [1.165, 1.54) is 7.11 Å². The highest BCUT2D eigenvalue weighted by molar-refractivity contribution is 5.88. The Morgan fingerprint density at radius 2 is 1.83 bits per heavy atom. The van der Waals surface area contributed by atoms with Crippen molar-refractivity contribution in [2.75, 3.05) is 13.7 Å². The molecular formula is C19H22F3NO6. The maximum atomic E-state index is 11.5. The third kappa shape index (κ3) is 8.77. The Balaban J connectivity index is 0.000000516. The summed E-state index contributed by atoms with van der Waals surface area (Å²) in [6.45, 7) is 0.764. The molecule has 1 aromatic rings. The van der Waals surface area contributed by atoms with Crippen molar-refractivity contribution >= 4 is 17.9 Å². The van der Waals surface area contributed by atoms with Crippen LogP contribution in [0.4, 0.5) is 13.2 Å². The Hall–Kier alpha value is -2.88. The molecule has 0 bridgehead atoms. The second kappa shape index (κ2) is 11.2. The molecule has 2 rings (SSSR count). The minimum atomic E-state index is -5.19. The number of hydrogen-bond donors (Lipinski definition) is 2. The summed E-state index contributed by atoms with van der Waals surface area (Å²) in [5.74, 6) is -4.08. The molecule has 10 heteroatoms. The molecule has 0 aliphatic heterocycles. The van der Waals surface area contributed by atoms with E-state index >= 15 is 0 Å². The number of quaternary nitrogens is 1.